The monoisotopic (exact) mass is 402 g/mol. The van der Waals surface area contributed by atoms with Crippen molar-refractivity contribution in [2.75, 3.05) is 14.2 Å². The molecule has 0 unspecified atom stereocenters. The Labute approximate surface area is 169 Å². The number of aromatic nitrogens is 3. The van der Waals surface area contributed by atoms with Gasteiger partial charge in [0.05, 0.1) is 13.8 Å². The molecule has 0 radical (unpaired) electrons. The summed E-state index contributed by atoms with van der Waals surface area (Å²) >= 11 is 7.48. The largest absolute Gasteiger partial charge is 0.497 e. The van der Waals surface area contributed by atoms with Crippen LogP contribution in [-0.4, -0.2) is 33.4 Å². The molecule has 0 fully saturated rings. The fourth-order valence-electron chi connectivity index (χ4n) is 2.99. The fourth-order valence-corrected chi connectivity index (χ4v) is 3.91. The number of thiophene rings is 1. The first-order valence-corrected chi connectivity index (χ1v) is 10.3. The van der Waals surface area contributed by atoms with Gasteiger partial charge in [-0.1, -0.05) is 13.8 Å². The quantitative estimate of drug-likeness (QED) is 0.502. The average Bonchev–Trinajstić information content (AvgIpc) is 3.25. The number of hydrogen-bond donors (Lipinski definition) is 0. The van der Waals surface area contributed by atoms with Crippen LogP contribution in [0, 0.1) is 10.7 Å². The Morgan fingerprint density at radius 1 is 1.22 bits per heavy atom. The minimum Gasteiger partial charge on any atom is -0.497 e. The van der Waals surface area contributed by atoms with Crippen molar-refractivity contribution < 1.29 is 4.74 Å². The third-order valence-corrected chi connectivity index (χ3v) is 5.39. The number of ether oxygens (including phenoxy) is 1. The van der Waals surface area contributed by atoms with E-state index in [1.807, 2.05) is 28.9 Å². The SMILES string of the molecule is COc1ccc(-c2nn(CN(C)Cc3ccsc3)c(=S)n2CC(C)C)cc1. The van der Waals surface area contributed by atoms with Gasteiger partial charge in [0.25, 0.3) is 0 Å². The summed E-state index contributed by atoms with van der Waals surface area (Å²) in [7, 11) is 3.77. The molecule has 2 aromatic heterocycles. The highest BCUT2D eigenvalue weighted by Crippen LogP contribution is 2.23. The second-order valence-electron chi connectivity index (χ2n) is 7.13. The maximum atomic E-state index is 5.76. The topological polar surface area (TPSA) is 35.2 Å². The molecule has 0 aliphatic rings. The van der Waals surface area contributed by atoms with Crippen LogP contribution in [0.4, 0.5) is 0 Å². The lowest BCUT2D eigenvalue weighted by Gasteiger charge is -2.15. The molecule has 3 aromatic rings. The van der Waals surface area contributed by atoms with E-state index in [0.717, 1.165) is 35.0 Å². The zero-order valence-corrected chi connectivity index (χ0v) is 17.9. The van der Waals surface area contributed by atoms with Gasteiger partial charge in [-0.05, 0) is 71.8 Å². The number of hydrogen-bond acceptors (Lipinski definition) is 5. The first-order chi connectivity index (χ1) is 13.0. The maximum Gasteiger partial charge on any atom is 0.199 e. The minimum atomic E-state index is 0.481. The second-order valence-corrected chi connectivity index (χ2v) is 8.27. The molecule has 5 nitrogen and oxygen atoms in total. The van der Waals surface area contributed by atoms with Crippen molar-refractivity contribution in [1.82, 2.24) is 19.2 Å². The minimum absolute atomic E-state index is 0.481. The molecule has 3 rings (SSSR count). The van der Waals surface area contributed by atoms with Crippen LogP contribution in [0.25, 0.3) is 11.4 Å². The second kappa shape index (κ2) is 8.82. The van der Waals surface area contributed by atoms with E-state index in [0.29, 0.717) is 12.6 Å². The van der Waals surface area contributed by atoms with Crippen molar-refractivity contribution in [3.05, 3.63) is 51.4 Å². The molecular formula is C20H26N4OS2. The summed E-state index contributed by atoms with van der Waals surface area (Å²) in [5.41, 5.74) is 2.35. The zero-order chi connectivity index (χ0) is 19.4. The molecule has 0 aliphatic heterocycles. The van der Waals surface area contributed by atoms with Gasteiger partial charge >= 0.3 is 0 Å². The molecule has 1 aromatic carbocycles. The lowest BCUT2D eigenvalue weighted by Crippen LogP contribution is -2.22. The third-order valence-electron chi connectivity index (χ3n) is 4.23. The molecule has 0 N–H and O–H groups in total. The van der Waals surface area contributed by atoms with Gasteiger partial charge in [-0.15, -0.1) is 0 Å². The van der Waals surface area contributed by atoms with Crippen LogP contribution in [-0.2, 0) is 19.8 Å². The molecule has 144 valence electrons. The Kier molecular flexibility index (Phi) is 6.46. The summed E-state index contributed by atoms with van der Waals surface area (Å²) < 4.78 is 10.1. The highest BCUT2D eigenvalue weighted by atomic mass is 32.1. The molecule has 27 heavy (non-hydrogen) atoms. The number of nitrogens with zero attached hydrogens (tertiary/aromatic N) is 4. The first-order valence-electron chi connectivity index (χ1n) is 8.99. The van der Waals surface area contributed by atoms with Crippen LogP contribution in [0.15, 0.2) is 41.1 Å². The average molecular weight is 403 g/mol. The van der Waals surface area contributed by atoms with Crippen molar-refractivity contribution in [1.29, 1.82) is 0 Å². The molecule has 0 saturated carbocycles. The van der Waals surface area contributed by atoms with E-state index < -0.39 is 0 Å². The van der Waals surface area contributed by atoms with Gasteiger partial charge in [-0.2, -0.15) is 16.4 Å². The molecule has 0 saturated heterocycles. The Morgan fingerprint density at radius 2 is 1.96 bits per heavy atom. The third kappa shape index (κ3) is 4.86. The molecule has 0 spiro atoms. The fraction of sp³-hybridized carbons (Fsp3) is 0.400. The molecule has 0 aliphatic carbocycles. The van der Waals surface area contributed by atoms with E-state index in [4.69, 9.17) is 22.1 Å². The Balaban J connectivity index is 1.90. The van der Waals surface area contributed by atoms with E-state index in [2.05, 4.69) is 47.2 Å². The normalized spacial score (nSPS) is 11.5. The van der Waals surface area contributed by atoms with Crippen molar-refractivity contribution in [3.8, 4) is 17.1 Å². The van der Waals surface area contributed by atoms with E-state index in [9.17, 15) is 0 Å². The highest BCUT2D eigenvalue weighted by molar-refractivity contribution is 7.71. The van der Waals surface area contributed by atoms with E-state index in [1.165, 1.54) is 5.56 Å². The summed E-state index contributed by atoms with van der Waals surface area (Å²) in [5, 5.41) is 9.14. The summed E-state index contributed by atoms with van der Waals surface area (Å²) in [6.45, 7) is 6.76. The Morgan fingerprint density at radius 3 is 2.56 bits per heavy atom. The number of methoxy groups -OCH3 is 1. The predicted molar refractivity (Wildman–Crippen MR) is 114 cm³/mol. The molecule has 0 amide bonds. The summed E-state index contributed by atoms with van der Waals surface area (Å²) in [4.78, 5) is 2.22. The summed E-state index contributed by atoms with van der Waals surface area (Å²) in [6, 6.07) is 10.1. The van der Waals surface area contributed by atoms with Gasteiger partial charge in [0.2, 0.25) is 0 Å². The van der Waals surface area contributed by atoms with Crippen molar-refractivity contribution in [3.63, 3.8) is 0 Å². The van der Waals surface area contributed by atoms with Gasteiger partial charge in [-0.25, -0.2) is 4.68 Å². The standard InChI is InChI=1S/C20H26N4OS2/c1-15(2)11-23-19(17-5-7-18(25-4)8-6-17)21-24(20(23)26)14-22(3)12-16-9-10-27-13-16/h5-10,13,15H,11-12,14H2,1-4H3. The Bertz CT molecular complexity index is 911. The molecule has 0 atom stereocenters. The van der Waals surface area contributed by atoms with Crippen LogP contribution < -0.4 is 4.74 Å². The smallest absolute Gasteiger partial charge is 0.199 e. The molecular weight excluding hydrogens is 376 g/mol. The molecule has 0 bridgehead atoms. The van der Waals surface area contributed by atoms with Gasteiger partial charge in [0.1, 0.15) is 5.75 Å². The number of benzene rings is 1. The zero-order valence-electron chi connectivity index (χ0n) is 16.3. The lowest BCUT2D eigenvalue weighted by atomic mass is 10.2. The van der Waals surface area contributed by atoms with E-state index in [1.54, 1.807) is 18.4 Å². The van der Waals surface area contributed by atoms with Gasteiger partial charge in [-0.3, -0.25) is 9.47 Å². The van der Waals surface area contributed by atoms with Crippen molar-refractivity contribution >= 4 is 23.6 Å². The van der Waals surface area contributed by atoms with Gasteiger partial charge in [0.15, 0.2) is 10.6 Å². The molecule has 2 heterocycles. The summed E-state index contributed by atoms with van der Waals surface area (Å²) in [6.07, 6.45) is 0. The first kappa shape index (κ1) is 19.8. The van der Waals surface area contributed by atoms with Crippen LogP contribution in [0.2, 0.25) is 0 Å². The Hall–Kier alpha value is -1.96. The maximum absolute atomic E-state index is 5.76. The van der Waals surface area contributed by atoms with Gasteiger partial charge in [0, 0.05) is 18.7 Å². The lowest BCUT2D eigenvalue weighted by molar-refractivity contribution is 0.244. The van der Waals surface area contributed by atoms with E-state index >= 15 is 0 Å². The highest BCUT2D eigenvalue weighted by Gasteiger charge is 2.15. The van der Waals surface area contributed by atoms with Crippen LogP contribution >= 0.6 is 23.6 Å². The van der Waals surface area contributed by atoms with Crippen molar-refractivity contribution in [2.24, 2.45) is 5.92 Å². The summed E-state index contributed by atoms with van der Waals surface area (Å²) in [5.74, 6) is 2.22. The number of rotatable bonds is 8. The van der Waals surface area contributed by atoms with E-state index in [-0.39, 0.29) is 0 Å². The molecule has 7 heteroatoms. The van der Waals surface area contributed by atoms with Gasteiger partial charge < -0.3 is 4.74 Å². The van der Waals surface area contributed by atoms with Crippen molar-refractivity contribution in [2.45, 2.75) is 33.6 Å². The predicted octanol–water partition coefficient (Wildman–Crippen LogP) is 4.90. The van der Waals surface area contributed by atoms with Crippen LogP contribution in [0.5, 0.6) is 5.75 Å². The van der Waals surface area contributed by atoms with Crippen LogP contribution in [0.1, 0.15) is 19.4 Å². The van der Waals surface area contributed by atoms with Crippen LogP contribution in [0.3, 0.4) is 0 Å².